The normalized spacial score (nSPS) is 11.0. The van der Waals surface area contributed by atoms with Gasteiger partial charge in [-0.1, -0.05) is 60.3 Å². The number of benzene rings is 3. The second-order valence-corrected chi connectivity index (χ2v) is 11.7. The number of unbranched alkanes of at least 4 members (excludes halogenated alkanes) is 3. The van der Waals surface area contributed by atoms with Gasteiger partial charge in [-0.2, -0.15) is 0 Å². The van der Waals surface area contributed by atoms with Crippen LogP contribution in [0.25, 0.3) is 0 Å². The Morgan fingerprint density at radius 3 is 2.34 bits per heavy atom. The molecule has 0 bridgehead atoms. The first kappa shape index (κ1) is 29.6. The number of halogens is 1. The van der Waals surface area contributed by atoms with Crippen LogP contribution >= 0.6 is 28.1 Å². The van der Waals surface area contributed by atoms with Crippen molar-refractivity contribution >= 4 is 60.6 Å². The van der Waals surface area contributed by atoms with Gasteiger partial charge in [-0.3, -0.25) is 14.4 Å². The van der Waals surface area contributed by atoms with Crippen LogP contribution in [0.2, 0.25) is 0 Å². The lowest BCUT2D eigenvalue weighted by atomic mass is 10.2. The molecule has 0 saturated carbocycles. The summed E-state index contributed by atoms with van der Waals surface area (Å²) in [7, 11) is -3.74. The van der Waals surface area contributed by atoms with E-state index in [0.29, 0.717) is 35.8 Å². The molecule has 2 N–H and O–H groups in total. The first-order valence-corrected chi connectivity index (χ1v) is 15.1. The largest absolute Gasteiger partial charge is 0.493 e. The highest BCUT2D eigenvalue weighted by molar-refractivity contribution is 9.10. The fourth-order valence-electron chi connectivity index (χ4n) is 3.77. The van der Waals surface area contributed by atoms with Gasteiger partial charge in [0.1, 0.15) is 5.75 Å². The molecule has 10 heteroatoms. The summed E-state index contributed by atoms with van der Waals surface area (Å²) < 4.78 is 34.3. The molecule has 0 unspecified atom stereocenters. The number of rotatable bonds is 12. The molecule has 0 saturated heterocycles. The van der Waals surface area contributed by atoms with Crippen LogP contribution in [0.5, 0.6) is 5.75 Å². The van der Waals surface area contributed by atoms with Crippen molar-refractivity contribution in [2.45, 2.75) is 44.4 Å². The molecule has 0 heterocycles. The predicted molar refractivity (Wildman–Crippen MR) is 161 cm³/mol. The molecule has 1 amide bonds. The summed E-state index contributed by atoms with van der Waals surface area (Å²) in [5, 5.41) is 5.69. The van der Waals surface area contributed by atoms with E-state index >= 15 is 0 Å². The molecule has 38 heavy (non-hydrogen) atoms. The minimum Gasteiger partial charge on any atom is -0.493 e. The zero-order valence-corrected chi connectivity index (χ0v) is 24.7. The molecule has 7 nitrogen and oxygen atoms in total. The van der Waals surface area contributed by atoms with Crippen LogP contribution in [0.15, 0.2) is 82.2 Å². The number of amides is 1. The van der Waals surface area contributed by atoms with Gasteiger partial charge in [0.15, 0.2) is 5.11 Å². The number of carbonyl (C=O) groups is 1. The molecule has 0 atom stereocenters. The number of carbonyl (C=O) groups excluding carboxylic acids is 1. The predicted octanol–water partition coefficient (Wildman–Crippen LogP) is 6.75. The van der Waals surface area contributed by atoms with E-state index in [1.165, 1.54) is 16.4 Å². The van der Waals surface area contributed by atoms with E-state index in [4.69, 9.17) is 17.0 Å². The smallest absolute Gasteiger partial charge is 0.264 e. The van der Waals surface area contributed by atoms with Gasteiger partial charge in [0.25, 0.3) is 15.9 Å². The van der Waals surface area contributed by atoms with Gasteiger partial charge in [0.05, 0.1) is 22.8 Å². The number of sulfonamides is 1. The van der Waals surface area contributed by atoms with Gasteiger partial charge in [-0.05, 0) is 80.2 Å². The molecule has 3 aromatic rings. The number of hydrogen-bond acceptors (Lipinski definition) is 5. The lowest BCUT2D eigenvalue weighted by molar-refractivity contribution is 0.0973. The van der Waals surface area contributed by atoms with E-state index in [0.717, 1.165) is 30.2 Å². The summed E-state index contributed by atoms with van der Waals surface area (Å²) in [4.78, 5) is 13.1. The number of para-hydroxylation sites is 1. The van der Waals surface area contributed by atoms with Gasteiger partial charge < -0.3 is 10.1 Å². The van der Waals surface area contributed by atoms with Crippen LogP contribution in [-0.2, 0) is 10.0 Å². The van der Waals surface area contributed by atoms with Crippen LogP contribution in [-0.4, -0.2) is 32.6 Å². The summed E-state index contributed by atoms with van der Waals surface area (Å²) in [6.07, 6.45) is 4.27. The maximum Gasteiger partial charge on any atom is 0.264 e. The van der Waals surface area contributed by atoms with Crippen molar-refractivity contribution in [2.75, 3.05) is 22.8 Å². The number of anilines is 2. The van der Waals surface area contributed by atoms with E-state index in [1.807, 2.05) is 12.1 Å². The number of nitrogens with zero attached hydrogens (tertiary/aromatic N) is 1. The minimum absolute atomic E-state index is 0.0824. The van der Waals surface area contributed by atoms with Gasteiger partial charge >= 0.3 is 0 Å². The first-order valence-electron chi connectivity index (χ1n) is 12.5. The van der Waals surface area contributed by atoms with Crippen LogP contribution in [0, 0.1) is 0 Å². The Labute approximate surface area is 238 Å². The van der Waals surface area contributed by atoms with Crippen molar-refractivity contribution in [1.29, 1.82) is 0 Å². The molecule has 0 aliphatic rings. The van der Waals surface area contributed by atoms with Crippen molar-refractivity contribution in [2.24, 2.45) is 0 Å². The Kier molecular flexibility index (Phi) is 11.1. The van der Waals surface area contributed by atoms with E-state index in [1.54, 1.807) is 55.5 Å². The third-order valence-electron chi connectivity index (χ3n) is 5.70. The van der Waals surface area contributed by atoms with Gasteiger partial charge in [0.2, 0.25) is 0 Å². The molecular formula is C28H32BrN3O4S2. The number of thiocarbonyl (C=S) groups is 1. The first-order chi connectivity index (χ1) is 18.3. The maximum atomic E-state index is 13.2. The van der Waals surface area contributed by atoms with Crippen molar-refractivity contribution in [3.63, 3.8) is 0 Å². The van der Waals surface area contributed by atoms with E-state index < -0.39 is 15.9 Å². The molecule has 0 aliphatic heterocycles. The molecule has 3 rings (SSSR count). The highest BCUT2D eigenvalue weighted by Crippen LogP contribution is 2.25. The maximum absolute atomic E-state index is 13.2. The van der Waals surface area contributed by atoms with Crippen molar-refractivity contribution in [3.8, 4) is 5.75 Å². The molecule has 0 radical (unpaired) electrons. The Bertz CT molecular complexity index is 1330. The highest BCUT2D eigenvalue weighted by atomic mass is 79.9. The van der Waals surface area contributed by atoms with Crippen molar-refractivity contribution in [1.82, 2.24) is 5.32 Å². The van der Waals surface area contributed by atoms with Crippen LogP contribution in [0.4, 0.5) is 11.4 Å². The third kappa shape index (κ3) is 8.02. The summed E-state index contributed by atoms with van der Waals surface area (Å²) >= 11 is 8.74. The second-order valence-electron chi connectivity index (χ2n) is 8.49. The van der Waals surface area contributed by atoms with Crippen LogP contribution < -0.4 is 19.7 Å². The van der Waals surface area contributed by atoms with Gasteiger partial charge in [0, 0.05) is 16.7 Å². The summed E-state index contributed by atoms with van der Waals surface area (Å²) in [5.41, 5.74) is 1.50. The molecule has 0 aromatic heterocycles. The SMILES string of the molecule is CCCCCCOc1ccc(Br)cc1C(=O)NC(=S)Nc1ccc(S(=O)(=O)N(CC)c2ccccc2)cc1. The van der Waals surface area contributed by atoms with Crippen molar-refractivity contribution in [3.05, 3.63) is 82.8 Å². The average Bonchev–Trinajstić information content (AvgIpc) is 2.90. The molecule has 0 aliphatic carbocycles. The van der Waals surface area contributed by atoms with Crippen LogP contribution in [0.3, 0.4) is 0 Å². The molecule has 0 fully saturated rings. The fraction of sp³-hybridized carbons (Fsp3) is 0.286. The topological polar surface area (TPSA) is 87.7 Å². The highest BCUT2D eigenvalue weighted by Gasteiger charge is 2.23. The van der Waals surface area contributed by atoms with Crippen LogP contribution in [0.1, 0.15) is 49.9 Å². The number of nitrogens with one attached hydrogen (secondary N) is 2. The van der Waals surface area contributed by atoms with Gasteiger partial charge in [-0.15, -0.1) is 0 Å². The summed E-state index contributed by atoms with van der Waals surface area (Å²) in [5.74, 6) is 0.0754. The monoisotopic (exact) mass is 617 g/mol. The second kappa shape index (κ2) is 14.3. The molecule has 202 valence electrons. The van der Waals surface area contributed by atoms with E-state index in [-0.39, 0.29) is 10.0 Å². The minimum atomic E-state index is -3.74. The Morgan fingerprint density at radius 2 is 1.68 bits per heavy atom. The lowest BCUT2D eigenvalue weighted by Crippen LogP contribution is -2.34. The molecule has 3 aromatic carbocycles. The zero-order chi connectivity index (χ0) is 27.5. The fourth-order valence-corrected chi connectivity index (χ4v) is 5.82. The quantitative estimate of drug-likeness (QED) is 0.173. The number of hydrogen-bond donors (Lipinski definition) is 2. The molecule has 0 spiro atoms. The molecular weight excluding hydrogens is 586 g/mol. The Morgan fingerprint density at radius 1 is 0.974 bits per heavy atom. The van der Waals surface area contributed by atoms with Crippen molar-refractivity contribution < 1.29 is 17.9 Å². The number of ether oxygens (including phenoxy) is 1. The van der Waals surface area contributed by atoms with Gasteiger partial charge in [-0.25, -0.2) is 8.42 Å². The average molecular weight is 619 g/mol. The Hall–Kier alpha value is -2.95. The Balaban J connectivity index is 1.64. The zero-order valence-electron chi connectivity index (χ0n) is 21.4. The summed E-state index contributed by atoms with van der Waals surface area (Å²) in [6.45, 7) is 4.76. The third-order valence-corrected chi connectivity index (χ3v) is 8.31. The van der Waals surface area contributed by atoms with E-state index in [2.05, 4.69) is 33.5 Å². The standard InChI is InChI=1S/C28H32BrN3O4S2/c1-3-5-6-10-19-36-26-18-13-21(29)20-25(26)27(33)31-28(37)30-22-14-16-24(17-15-22)38(34,35)32(4-2)23-11-8-7-9-12-23/h7-9,11-18,20H,3-6,10,19H2,1-2H3,(H2,30,31,33,37). The lowest BCUT2D eigenvalue weighted by Gasteiger charge is -2.23. The summed E-state index contributed by atoms with van der Waals surface area (Å²) in [6, 6.07) is 20.4. The van der Waals surface area contributed by atoms with E-state index in [9.17, 15) is 13.2 Å².